The van der Waals surface area contributed by atoms with E-state index in [0.717, 1.165) is 17.9 Å². The predicted octanol–water partition coefficient (Wildman–Crippen LogP) is 3.53. The molecule has 2 nitrogen and oxygen atoms in total. The van der Waals surface area contributed by atoms with Gasteiger partial charge in [0.25, 0.3) is 0 Å². The lowest BCUT2D eigenvalue weighted by Crippen LogP contribution is -2.29. The first kappa shape index (κ1) is 13.0. The fourth-order valence-electron chi connectivity index (χ4n) is 2.62. The van der Waals surface area contributed by atoms with Crippen LogP contribution in [0, 0.1) is 6.92 Å². The van der Waals surface area contributed by atoms with Gasteiger partial charge in [-0.2, -0.15) is 0 Å². The van der Waals surface area contributed by atoms with Gasteiger partial charge in [0.15, 0.2) is 0 Å². The van der Waals surface area contributed by atoms with E-state index in [1.165, 1.54) is 43.5 Å². The Balaban J connectivity index is 1.95. The van der Waals surface area contributed by atoms with Crippen LogP contribution in [0.15, 0.2) is 18.3 Å². The molecule has 0 N–H and O–H groups in total. The Morgan fingerprint density at radius 2 is 2.41 bits per heavy atom. The zero-order valence-corrected chi connectivity index (χ0v) is 12.1. The summed E-state index contributed by atoms with van der Waals surface area (Å²) in [6, 6.07) is 4.95. The van der Waals surface area contributed by atoms with E-state index in [0.29, 0.717) is 0 Å². The van der Waals surface area contributed by atoms with E-state index in [-0.39, 0.29) is 0 Å². The van der Waals surface area contributed by atoms with Crippen molar-refractivity contribution in [2.24, 2.45) is 0 Å². The van der Waals surface area contributed by atoms with E-state index >= 15 is 0 Å². The molecule has 0 bridgehead atoms. The van der Waals surface area contributed by atoms with Crippen molar-refractivity contribution in [1.82, 2.24) is 9.88 Å². The van der Waals surface area contributed by atoms with Crippen molar-refractivity contribution in [3.8, 4) is 0 Å². The molecule has 0 aromatic carbocycles. The van der Waals surface area contributed by atoms with Crippen LogP contribution in [0.5, 0.6) is 0 Å². The first-order chi connectivity index (χ1) is 8.31. The van der Waals surface area contributed by atoms with Crippen molar-refractivity contribution < 1.29 is 0 Å². The standard InChI is InChI=1S/C14H21BrN2/c1-12-5-3-9-16-14(12)11-17-10-4-7-13(17)6-2-8-15/h3,5,9,13H,2,4,6-8,10-11H2,1H3. The van der Waals surface area contributed by atoms with Gasteiger partial charge in [-0.15, -0.1) is 0 Å². The number of hydrogen-bond acceptors (Lipinski definition) is 2. The molecule has 0 aliphatic carbocycles. The van der Waals surface area contributed by atoms with Gasteiger partial charge in [0, 0.05) is 24.1 Å². The number of aryl methyl sites for hydroxylation is 1. The summed E-state index contributed by atoms with van der Waals surface area (Å²) in [5.41, 5.74) is 2.57. The van der Waals surface area contributed by atoms with Crippen LogP contribution in [0.1, 0.15) is 36.9 Å². The quantitative estimate of drug-likeness (QED) is 0.773. The zero-order chi connectivity index (χ0) is 12.1. The zero-order valence-electron chi connectivity index (χ0n) is 10.5. The maximum absolute atomic E-state index is 4.51. The average Bonchev–Trinajstić information content (AvgIpc) is 2.77. The molecule has 0 spiro atoms. The number of halogens is 1. The molecule has 1 atom stereocenters. The van der Waals surface area contributed by atoms with E-state index in [1.54, 1.807) is 0 Å². The molecule has 0 saturated carbocycles. The van der Waals surface area contributed by atoms with Crippen molar-refractivity contribution in [2.45, 2.75) is 45.2 Å². The lowest BCUT2D eigenvalue weighted by Gasteiger charge is -2.24. The van der Waals surface area contributed by atoms with E-state index in [1.807, 2.05) is 12.3 Å². The third-order valence-electron chi connectivity index (χ3n) is 3.64. The lowest BCUT2D eigenvalue weighted by atomic mass is 10.1. The van der Waals surface area contributed by atoms with E-state index in [9.17, 15) is 0 Å². The fraction of sp³-hybridized carbons (Fsp3) is 0.643. The van der Waals surface area contributed by atoms with Crippen LogP contribution in [0.4, 0.5) is 0 Å². The highest BCUT2D eigenvalue weighted by Gasteiger charge is 2.24. The summed E-state index contributed by atoms with van der Waals surface area (Å²) in [6.45, 7) is 4.43. The summed E-state index contributed by atoms with van der Waals surface area (Å²) >= 11 is 3.52. The Kier molecular flexibility index (Phi) is 4.99. The molecule has 1 fully saturated rings. The molecule has 1 aliphatic rings. The number of nitrogens with zero attached hydrogens (tertiary/aromatic N) is 2. The van der Waals surface area contributed by atoms with E-state index in [4.69, 9.17) is 0 Å². The molecule has 94 valence electrons. The molecule has 17 heavy (non-hydrogen) atoms. The van der Waals surface area contributed by atoms with Gasteiger partial charge in [0.1, 0.15) is 0 Å². The number of rotatable bonds is 5. The summed E-state index contributed by atoms with van der Waals surface area (Å²) in [5, 5.41) is 1.12. The number of likely N-dealkylation sites (tertiary alicyclic amines) is 1. The number of aromatic nitrogens is 1. The minimum atomic E-state index is 0.772. The first-order valence-corrected chi connectivity index (χ1v) is 7.64. The summed E-state index contributed by atoms with van der Waals surface area (Å²) in [6.07, 6.45) is 7.21. The van der Waals surface area contributed by atoms with Gasteiger partial charge < -0.3 is 0 Å². The molecule has 1 aromatic heterocycles. The summed E-state index contributed by atoms with van der Waals surface area (Å²) in [4.78, 5) is 7.11. The molecule has 1 unspecified atom stereocenters. The maximum atomic E-state index is 4.51. The highest BCUT2D eigenvalue weighted by Crippen LogP contribution is 2.24. The van der Waals surface area contributed by atoms with Gasteiger partial charge >= 0.3 is 0 Å². The van der Waals surface area contributed by atoms with Crippen LogP contribution in [0.25, 0.3) is 0 Å². The SMILES string of the molecule is Cc1cccnc1CN1CCCC1CCCBr. The summed E-state index contributed by atoms with van der Waals surface area (Å²) < 4.78 is 0. The third kappa shape index (κ3) is 3.52. The van der Waals surface area contributed by atoms with Gasteiger partial charge in [0.2, 0.25) is 0 Å². The monoisotopic (exact) mass is 296 g/mol. The molecule has 2 heterocycles. The normalized spacial score (nSPS) is 20.9. The topological polar surface area (TPSA) is 16.1 Å². The second-order valence-electron chi connectivity index (χ2n) is 4.86. The largest absolute Gasteiger partial charge is 0.295 e. The second kappa shape index (κ2) is 6.50. The number of hydrogen-bond donors (Lipinski definition) is 0. The van der Waals surface area contributed by atoms with Crippen LogP contribution in [0.2, 0.25) is 0 Å². The van der Waals surface area contributed by atoms with Crippen LogP contribution >= 0.6 is 15.9 Å². The van der Waals surface area contributed by atoms with Gasteiger partial charge in [0.05, 0.1) is 5.69 Å². The van der Waals surface area contributed by atoms with Crippen molar-refractivity contribution in [2.75, 3.05) is 11.9 Å². The average molecular weight is 297 g/mol. The van der Waals surface area contributed by atoms with Crippen molar-refractivity contribution in [3.63, 3.8) is 0 Å². The molecular weight excluding hydrogens is 276 g/mol. The minimum Gasteiger partial charge on any atom is -0.295 e. The summed E-state index contributed by atoms with van der Waals surface area (Å²) in [5.74, 6) is 0. The van der Waals surface area contributed by atoms with Gasteiger partial charge in [-0.25, -0.2) is 0 Å². The number of alkyl halides is 1. The molecule has 1 aliphatic heterocycles. The van der Waals surface area contributed by atoms with Crippen molar-refractivity contribution >= 4 is 15.9 Å². The van der Waals surface area contributed by atoms with E-state index in [2.05, 4.69) is 38.8 Å². The highest BCUT2D eigenvalue weighted by molar-refractivity contribution is 9.09. The first-order valence-electron chi connectivity index (χ1n) is 6.52. The lowest BCUT2D eigenvalue weighted by molar-refractivity contribution is 0.231. The Morgan fingerprint density at radius 1 is 1.53 bits per heavy atom. The Labute approximate surface area is 113 Å². The van der Waals surface area contributed by atoms with Crippen LogP contribution in [-0.2, 0) is 6.54 Å². The van der Waals surface area contributed by atoms with Crippen molar-refractivity contribution in [1.29, 1.82) is 0 Å². The van der Waals surface area contributed by atoms with Gasteiger partial charge in [-0.3, -0.25) is 9.88 Å². The molecule has 0 amide bonds. The smallest absolute Gasteiger partial charge is 0.0573 e. The van der Waals surface area contributed by atoms with Crippen LogP contribution in [0.3, 0.4) is 0 Å². The third-order valence-corrected chi connectivity index (χ3v) is 4.20. The molecule has 3 heteroatoms. The molecule has 1 saturated heterocycles. The summed E-state index contributed by atoms with van der Waals surface area (Å²) in [7, 11) is 0. The molecule has 2 rings (SSSR count). The second-order valence-corrected chi connectivity index (χ2v) is 5.66. The number of pyridine rings is 1. The Bertz CT molecular complexity index is 354. The molecule has 0 radical (unpaired) electrons. The van der Waals surface area contributed by atoms with Gasteiger partial charge in [-0.1, -0.05) is 22.0 Å². The maximum Gasteiger partial charge on any atom is 0.0573 e. The Morgan fingerprint density at radius 3 is 3.18 bits per heavy atom. The molecular formula is C14H21BrN2. The molecule has 1 aromatic rings. The van der Waals surface area contributed by atoms with Crippen LogP contribution < -0.4 is 0 Å². The van der Waals surface area contributed by atoms with Crippen molar-refractivity contribution in [3.05, 3.63) is 29.6 Å². The van der Waals surface area contributed by atoms with E-state index < -0.39 is 0 Å². The Hall–Kier alpha value is -0.410. The minimum absolute atomic E-state index is 0.772. The van der Waals surface area contributed by atoms with Gasteiger partial charge in [-0.05, 0) is 50.8 Å². The highest BCUT2D eigenvalue weighted by atomic mass is 79.9. The van der Waals surface area contributed by atoms with Crippen LogP contribution in [-0.4, -0.2) is 27.8 Å². The predicted molar refractivity (Wildman–Crippen MR) is 75.4 cm³/mol. The fourth-order valence-corrected chi connectivity index (χ4v) is 2.94.